The van der Waals surface area contributed by atoms with E-state index in [-0.39, 0.29) is 35.5 Å². The Morgan fingerprint density at radius 1 is 0.913 bits per heavy atom. The second-order valence-corrected chi connectivity index (χ2v) is 14.7. The SMILES string of the molecule is CC[C@@H](C)NC(=O)[C@H](Cc1ccccc1)N(Cc1ccc(Cl)cc1Cl)C(=O)CN(c1cccc(Br)c1)S(=O)(=O)c1ccc(C)cc1. The molecule has 0 heterocycles. The second kappa shape index (κ2) is 16.0. The van der Waals surface area contributed by atoms with Gasteiger partial charge in [-0.3, -0.25) is 13.9 Å². The first-order valence-corrected chi connectivity index (χ1v) is 17.8. The predicted octanol–water partition coefficient (Wildman–Crippen LogP) is 7.81. The Bertz CT molecular complexity index is 1770. The van der Waals surface area contributed by atoms with Gasteiger partial charge in [-0.25, -0.2) is 8.42 Å². The molecule has 0 fully saturated rings. The molecule has 0 saturated carbocycles. The molecule has 4 rings (SSSR count). The molecule has 0 radical (unpaired) electrons. The highest BCUT2D eigenvalue weighted by atomic mass is 79.9. The molecule has 11 heteroatoms. The van der Waals surface area contributed by atoms with E-state index in [1.165, 1.54) is 17.0 Å². The molecule has 7 nitrogen and oxygen atoms in total. The highest BCUT2D eigenvalue weighted by Gasteiger charge is 2.35. The zero-order valence-corrected chi connectivity index (χ0v) is 29.7. The summed E-state index contributed by atoms with van der Waals surface area (Å²) in [6.45, 7) is 5.09. The maximum Gasteiger partial charge on any atom is 0.264 e. The summed E-state index contributed by atoms with van der Waals surface area (Å²) in [5.41, 5.74) is 2.58. The molecule has 4 aromatic rings. The van der Waals surface area contributed by atoms with E-state index in [4.69, 9.17) is 23.2 Å². The zero-order chi connectivity index (χ0) is 33.4. The van der Waals surface area contributed by atoms with Crippen molar-refractivity contribution in [1.82, 2.24) is 10.2 Å². The van der Waals surface area contributed by atoms with Gasteiger partial charge in [-0.1, -0.05) is 106 Å². The molecule has 0 bridgehead atoms. The van der Waals surface area contributed by atoms with Gasteiger partial charge in [0, 0.05) is 33.5 Å². The third-order valence-corrected chi connectivity index (χ3v) is 10.5. The lowest BCUT2D eigenvalue weighted by Gasteiger charge is -2.34. The molecule has 46 heavy (non-hydrogen) atoms. The van der Waals surface area contributed by atoms with Crippen LogP contribution in [0.2, 0.25) is 10.0 Å². The Hall–Kier alpha value is -3.37. The van der Waals surface area contributed by atoms with Gasteiger partial charge >= 0.3 is 0 Å². The minimum Gasteiger partial charge on any atom is -0.352 e. The summed E-state index contributed by atoms with van der Waals surface area (Å²) in [6, 6.07) is 26.4. The van der Waals surface area contributed by atoms with Gasteiger partial charge in [0.25, 0.3) is 10.0 Å². The van der Waals surface area contributed by atoms with Crippen LogP contribution in [0.5, 0.6) is 0 Å². The Kier molecular flexibility index (Phi) is 12.3. The molecule has 0 spiro atoms. The Morgan fingerprint density at radius 2 is 1.61 bits per heavy atom. The van der Waals surface area contributed by atoms with Crippen LogP contribution in [0.15, 0.2) is 106 Å². The van der Waals surface area contributed by atoms with Crippen molar-refractivity contribution < 1.29 is 18.0 Å². The smallest absolute Gasteiger partial charge is 0.264 e. The van der Waals surface area contributed by atoms with Crippen molar-refractivity contribution in [2.75, 3.05) is 10.8 Å². The number of sulfonamides is 1. The van der Waals surface area contributed by atoms with Crippen molar-refractivity contribution in [3.8, 4) is 0 Å². The number of rotatable bonds is 13. The lowest BCUT2D eigenvalue weighted by molar-refractivity contribution is -0.140. The summed E-state index contributed by atoms with van der Waals surface area (Å²) in [7, 11) is -4.21. The summed E-state index contributed by atoms with van der Waals surface area (Å²) in [4.78, 5) is 30.0. The minimum absolute atomic E-state index is 0.0357. The molecule has 0 aliphatic heterocycles. The summed E-state index contributed by atoms with van der Waals surface area (Å²) >= 11 is 16.2. The summed E-state index contributed by atoms with van der Waals surface area (Å²) in [6.07, 6.45) is 0.883. The van der Waals surface area contributed by atoms with E-state index in [2.05, 4.69) is 21.2 Å². The van der Waals surface area contributed by atoms with Crippen molar-refractivity contribution in [2.24, 2.45) is 0 Å². The van der Waals surface area contributed by atoms with Crippen LogP contribution in [-0.4, -0.2) is 43.8 Å². The zero-order valence-electron chi connectivity index (χ0n) is 25.8. The number of carbonyl (C=O) groups excluding carboxylic acids is 2. The number of carbonyl (C=O) groups is 2. The minimum atomic E-state index is -4.21. The predicted molar refractivity (Wildman–Crippen MR) is 189 cm³/mol. The molecule has 1 N–H and O–H groups in total. The van der Waals surface area contributed by atoms with Crippen molar-refractivity contribution in [3.63, 3.8) is 0 Å². The molecule has 2 amide bonds. The average Bonchev–Trinajstić information content (AvgIpc) is 3.02. The Morgan fingerprint density at radius 3 is 2.24 bits per heavy atom. The van der Waals surface area contributed by atoms with Crippen LogP contribution >= 0.6 is 39.1 Å². The maximum atomic E-state index is 14.6. The van der Waals surface area contributed by atoms with Gasteiger partial charge in [0.15, 0.2) is 0 Å². The molecule has 2 atom stereocenters. The topological polar surface area (TPSA) is 86.8 Å². The van der Waals surface area contributed by atoms with Gasteiger partial charge in [-0.2, -0.15) is 0 Å². The molecular formula is C35H36BrCl2N3O4S. The first-order chi connectivity index (χ1) is 21.9. The van der Waals surface area contributed by atoms with E-state index in [0.717, 1.165) is 15.4 Å². The van der Waals surface area contributed by atoms with E-state index in [0.29, 0.717) is 26.5 Å². The highest BCUT2D eigenvalue weighted by Crippen LogP contribution is 2.29. The van der Waals surface area contributed by atoms with Gasteiger partial charge in [0.2, 0.25) is 11.8 Å². The van der Waals surface area contributed by atoms with Gasteiger partial charge in [0.1, 0.15) is 12.6 Å². The standard InChI is InChI=1S/C35H36BrCl2N3O4S/c1-4-25(3)39-35(43)33(19-26-9-6-5-7-10-26)40(22-27-15-16-29(37)21-32(27)38)34(42)23-41(30-12-8-11-28(36)20-30)46(44,45)31-17-13-24(2)14-18-31/h5-18,20-21,25,33H,4,19,22-23H2,1-3H3,(H,39,43)/t25-,33+/m1/s1. The fourth-order valence-electron chi connectivity index (χ4n) is 4.83. The summed E-state index contributed by atoms with van der Waals surface area (Å²) in [5, 5.41) is 3.77. The Labute approximate surface area is 289 Å². The molecule has 242 valence electrons. The fourth-order valence-corrected chi connectivity index (χ4v) is 7.09. The second-order valence-electron chi connectivity index (χ2n) is 11.1. The molecular weight excluding hydrogens is 709 g/mol. The molecule has 0 saturated heterocycles. The quantitative estimate of drug-likeness (QED) is 0.151. The van der Waals surface area contributed by atoms with Crippen LogP contribution < -0.4 is 9.62 Å². The van der Waals surface area contributed by atoms with Crippen LogP contribution in [-0.2, 0) is 32.6 Å². The maximum absolute atomic E-state index is 14.6. The van der Waals surface area contributed by atoms with Gasteiger partial charge in [0.05, 0.1) is 10.6 Å². The number of anilines is 1. The molecule has 0 unspecified atom stereocenters. The van der Waals surface area contributed by atoms with Gasteiger partial charge in [-0.15, -0.1) is 0 Å². The van der Waals surface area contributed by atoms with Crippen LogP contribution in [0.3, 0.4) is 0 Å². The first-order valence-electron chi connectivity index (χ1n) is 14.8. The van der Waals surface area contributed by atoms with Crippen LogP contribution in [0, 0.1) is 6.92 Å². The van der Waals surface area contributed by atoms with Crippen molar-refractivity contribution in [2.45, 2.75) is 57.1 Å². The normalized spacial score (nSPS) is 12.7. The number of amides is 2. The van der Waals surface area contributed by atoms with E-state index < -0.39 is 28.5 Å². The van der Waals surface area contributed by atoms with E-state index in [1.807, 2.05) is 51.1 Å². The molecule has 0 aliphatic carbocycles. The number of benzene rings is 4. The lowest BCUT2D eigenvalue weighted by Crippen LogP contribution is -2.54. The first kappa shape index (κ1) is 35.5. The van der Waals surface area contributed by atoms with Gasteiger partial charge in [-0.05, 0) is 73.9 Å². The average molecular weight is 746 g/mol. The molecule has 4 aromatic carbocycles. The van der Waals surface area contributed by atoms with Crippen LogP contribution in [0.1, 0.15) is 37.0 Å². The van der Waals surface area contributed by atoms with E-state index in [1.54, 1.807) is 54.6 Å². The number of hydrogen-bond donors (Lipinski definition) is 1. The fraction of sp³-hybridized carbons (Fsp3) is 0.257. The van der Waals surface area contributed by atoms with Gasteiger partial charge < -0.3 is 10.2 Å². The lowest BCUT2D eigenvalue weighted by atomic mass is 10.0. The summed E-state index contributed by atoms with van der Waals surface area (Å²) < 4.78 is 30.1. The third-order valence-electron chi connectivity index (χ3n) is 7.61. The number of nitrogens with one attached hydrogen (secondary N) is 1. The monoisotopic (exact) mass is 743 g/mol. The number of halogens is 3. The molecule has 0 aliphatic rings. The van der Waals surface area contributed by atoms with Crippen molar-refractivity contribution in [1.29, 1.82) is 0 Å². The highest BCUT2D eigenvalue weighted by molar-refractivity contribution is 9.10. The number of nitrogens with zero attached hydrogens (tertiary/aromatic N) is 2. The molecule has 0 aromatic heterocycles. The van der Waals surface area contributed by atoms with E-state index in [9.17, 15) is 18.0 Å². The Balaban J connectivity index is 1.83. The summed E-state index contributed by atoms with van der Waals surface area (Å²) in [5.74, 6) is -0.936. The van der Waals surface area contributed by atoms with Crippen LogP contribution in [0.4, 0.5) is 5.69 Å². The largest absolute Gasteiger partial charge is 0.352 e. The number of hydrogen-bond acceptors (Lipinski definition) is 4. The van der Waals surface area contributed by atoms with Crippen molar-refractivity contribution in [3.05, 3.63) is 128 Å². The number of aryl methyl sites for hydroxylation is 1. The third kappa shape index (κ3) is 9.12. The van der Waals surface area contributed by atoms with Crippen molar-refractivity contribution >= 4 is 66.7 Å². The van der Waals surface area contributed by atoms with Crippen LogP contribution in [0.25, 0.3) is 0 Å². The van der Waals surface area contributed by atoms with E-state index >= 15 is 0 Å².